The average Bonchev–Trinajstić information content (AvgIpc) is 3.65. The first-order valence-electron chi connectivity index (χ1n) is 11.9. The molecule has 11 heteroatoms. The van der Waals surface area contributed by atoms with Crippen LogP contribution >= 0.6 is 0 Å². The molecule has 2 aliphatic heterocycles. The predicted octanol–water partition coefficient (Wildman–Crippen LogP) is 1.67. The Morgan fingerprint density at radius 1 is 1.00 bits per heavy atom. The zero-order valence-electron chi connectivity index (χ0n) is 19.3. The molecule has 35 heavy (non-hydrogen) atoms. The Balaban J connectivity index is 1.16. The number of hydrogen-bond donors (Lipinski definition) is 1. The van der Waals surface area contributed by atoms with Gasteiger partial charge in [0.15, 0.2) is 5.76 Å². The SMILES string of the molecule is Nc1nc(N2CCC[C@@H]2C(=O)N2CCN(Cc3ccccc3)CC2)nc2nc(-c3ccco3)nn12. The number of benzene rings is 1. The quantitative estimate of drug-likeness (QED) is 0.461. The van der Waals surface area contributed by atoms with Crippen LogP contribution in [-0.4, -0.2) is 79.0 Å². The number of nitrogens with two attached hydrogens (primary N) is 1. The molecule has 2 saturated heterocycles. The Kier molecular flexibility index (Phi) is 5.53. The fraction of sp³-hybridized carbons (Fsp3) is 0.375. The lowest BCUT2D eigenvalue weighted by molar-refractivity contribution is -0.134. The van der Waals surface area contributed by atoms with Crippen LogP contribution in [0.4, 0.5) is 11.9 Å². The highest BCUT2D eigenvalue weighted by atomic mass is 16.3. The number of piperazine rings is 1. The van der Waals surface area contributed by atoms with Crippen LogP contribution in [0.2, 0.25) is 0 Å². The van der Waals surface area contributed by atoms with Gasteiger partial charge in [0.1, 0.15) is 6.04 Å². The van der Waals surface area contributed by atoms with Gasteiger partial charge in [-0.25, -0.2) is 0 Å². The Hall–Kier alpha value is -3.99. The fourth-order valence-corrected chi connectivity index (χ4v) is 4.87. The number of aromatic nitrogens is 5. The molecule has 2 aliphatic rings. The minimum Gasteiger partial charge on any atom is -0.461 e. The molecule has 0 bridgehead atoms. The summed E-state index contributed by atoms with van der Waals surface area (Å²) in [4.78, 5) is 33.3. The van der Waals surface area contributed by atoms with Gasteiger partial charge in [-0.1, -0.05) is 30.3 Å². The third-order valence-corrected chi connectivity index (χ3v) is 6.69. The Morgan fingerprint density at radius 3 is 2.60 bits per heavy atom. The maximum absolute atomic E-state index is 13.5. The van der Waals surface area contributed by atoms with Crippen molar-refractivity contribution in [2.24, 2.45) is 0 Å². The Morgan fingerprint density at radius 2 is 1.83 bits per heavy atom. The topological polar surface area (TPSA) is 122 Å². The molecule has 1 aromatic carbocycles. The first-order chi connectivity index (χ1) is 17.2. The molecule has 3 aromatic heterocycles. The second-order valence-electron chi connectivity index (χ2n) is 8.94. The lowest BCUT2D eigenvalue weighted by Crippen LogP contribution is -2.53. The van der Waals surface area contributed by atoms with E-state index in [1.54, 1.807) is 18.4 Å². The number of rotatable bonds is 5. The summed E-state index contributed by atoms with van der Waals surface area (Å²) in [5.74, 6) is 1.94. The number of furan rings is 1. The zero-order valence-corrected chi connectivity index (χ0v) is 19.3. The van der Waals surface area contributed by atoms with Gasteiger partial charge in [0, 0.05) is 39.3 Å². The number of nitrogens with zero attached hydrogens (tertiary/aromatic N) is 8. The van der Waals surface area contributed by atoms with Gasteiger partial charge in [0.2, 0.25) is 23.6 Å². The van der Waals surface area contributed by atoms with E-state index in [1.807, 2.05) is 15.9 Å². The van der Waals surface area contributed by atoms with Crippen molar-refractivity contribution in [3.63, 3.8) is 0 Å². The molecule has 2 N–H and O–H groups in total. The molecule has 1 amide bonds. The number of amides is 1. The van der Waals surface area contributed by atoms with Gasteiger partial charge in [-0.15, -0.1) is 5.10 Å². The van der Waals surface area contributed by atoms with Crippen molar-refractivity contribution in [1.29, 1.82) is 0 Å². The van der Waals surface area contributed by atoms with Gasteiger partial charge in [-0.3, -0.25) is 9.69 Å². The smallest absolute Gasteiger partial charge is 0.259 e. The monoisotopic (exact) mass is 473 g/mol. The number of carbonyl (C=O) groups is 1. The van der Waals surface area contributed by atoms with Crippen molar-refractivity contribution in [3.8, 4) is 11.6 Å². The molecule has 2 fully saturated rings. The van der Waals surface area contributed by atoms with Gasteiger partial charge < -0.3 is 20.0 Å². The first-order valence-corrected chi connectivity index (χ1v) is 11.9. The van der Waals surface area contributed by atoms with Gasteiger partial charge in [-0.2, -0.15) is 19.5 Å². The van der Waals surface area contributed by atoms with E-state index in [1.165, 1.54) is 10.1 Å². The van der Waals surface area contributed by atoms with Crippen LogP contribution in [0.15, 0.2) is 53.1 Å². The van der Waals surface area contributed by atoms with Crippen molar-refractivity contribution in [1.82, 2.24) is 34.4 Å². The van der Waals surface area contributed by atoms with Crippen LogP contribution in [0.5, 0.6) is 0 Å². The number of nitrogen functional groups attached to an aromatic ring is 1. The normalized spacial score (nSPS) is 19.0. The summed E-state index contributed by atoms with van der Waals surface area (Å²) in [6, 6.07) is 13.7. The molecule has 6 rings (SSSR count). The third-order valence-electron chi connectivity index (χ3n) is 6.69. The largest absolute Gasteiger partial charge is 0.461 e. The van der Waals surface area contributed by atoms with Crippen molar-refractivity contribution in [2.75, 3.05) is 43.4 Å². The first kappa shape index (κ1) is 21.5. The molecule has 0 saturated carbocycles. The molecule has 0 aliphatic carbocycles. The van der Waals surface area contributed by atoms with E-state index in [-0.39, 0.29) is 17.9 Å². The van der Waals surface area contributed by atoms with Crippen LogP contribution in [0, 0.1) is 0 Å². The van der Waals surface area contributed by atoms with E-state index in [0.29, 0.717) is 42.9 Å². The van der Waals surface area contributed by atoms with E-state index in [9.17, 15) is 4.79 Å². The van der Waals surface area contributed by atoms with Crippen molar-refractivity contribution < 1.29 is 9.21 Å². The lowest BCUT2D eigenvalue weighted by atomic mass is 10.1. The van der Waals surface area contributed by atoms with E-state index in [0.717, 1.165) is 32.5 Å². The highest BCUT2D eigenvalue weighted by Gasteiger charge is 2.36. The molecule has 0 unspecified atom stereocenters. The summed E-state index contributed by atoms with van der Waals surface area (Å²) in [7, 11) is 0. The predicted molar refractivity (Wildman–Crippen MR) is 129 cm³/mol. The summed E-state index contributed by atoms with van der Waals surface area (Å²) in [5.41, 5.74) is 7.48. The van der Waals surface area contributed by atoms with Crippen molar-refractivity contribution >= 4 is 23.6 Å². The molecule has 180 valence electrons. The van der Waals surface area contributed by atoms with E-state index in [2.05, 4.69) is 49.2 Å². The van der Waals surface area contributed by atoms with Gasteiger partial charge in [0.25, 0.3) is 5.78 Å². The summed E-state index contributed by atoms with van der Waals surface area (Å²) in [5, 5.41) is 4.35. The van der Waals surface area contributed by atoms with E-state index in [4.69, 9.17) is 10.2 Å². The average molecular weight is 474 g/mol. The summed E-state index contributed by atoms with van der Waals surface area (Å²) in [6.07, 6.45) is 3.22. The van der Waals surface area contributed by atoms with Crippen molar-refractivity contribution in [3.05, 3.63) is 54.3 Å². The molecule has 4 aromatic rings. The fourth-order valence-electron chi connectivity index (χ4n) is 4.87. The van der Waals surface area contributed by atoms with Crippen LogP contribution in [0.1, 0.15) is 18.4 Å². The number of carbonyl (C=O) groups excluding carboxylic acids is 1. The van der Waals surface area contributed by atoms with E-state index < -0.39 is 0 Å². The lowest BCUT2D eigenvalue weighted by Gasteiger charge is -2.37. The van der Waals surface area contributed by atoms with Crippen molar-refractivity contribution in [2.45, 2.75) is 25.4 Å². The molecular weight excluding hydrogens is 446 g/mol. The maximum Gasteiger partial charge on any atom is 0.259 e. The molecular formula is C24H27N9O2. The van der Waals surface area contributed by atoms with Crippen LogP contribution in [0.25, 0.3) is 17.4 Å². The summed E-state index contributed by atoms with van der Waals surface area (Å²) < 4.78 is 6.77. The molecule has 1 atom stereocenters. The van der Waals surface area contributed by atoms with E-state index >= 15 is 0 Å². The van der Waals surface area contributed by atoms with Gasteiger partial charge in [-0.05, 0) is 30.5 Å². The number of hydrogen-bond acceptors (Lipinski definition) is 9. The maximum atomic E-state index is 13.5. The highest BCUT2D eigenvalue weighted by molar-refractivity contribution is 5.85. The second-order valence-corrected chi connectivity index (χ2v) is 8.94. The number of anilines is 2. The number of fused-ring (bicyclic) bond motifs is 1. The second kappa shape index (κ2) is 8.99. The van der Waals surface area contributed by atoms with Gasteiger partial charge in [0.05, 0.1) is 6.26 Å². The Labute approximate surface area is 202 Å². The molecule has 0 radical (unpaired) electrons. The summed E-state index contributed by atoms with van der Waals surface area (Å²) in [6.45, 7) is 4.75. The molecule has 5 heterocycles. The molecule has 0 spiro atoms. The zero-order chi connectivity index (χ0) is 23.8. The van der Waals surface area contributed by atoms with Crippen LogP contribution in [-0.2, 0) is 11.3 Å². The minimum absolute atomic E-state index is 0.127. The van der Waals surface area contributed by atoms with Gasteiger partial charge >= 0.3 is 0 Å². The Bertz CT molecular complexity index is 1310. The van der Waals surface area contributed by atoms with Crippen LogP contribution in [0.3, 0.4) is 0 Å². The summed E-state index contributed by atoms with van der Waals surface area (Å²) >= 11 is 0. The third kappa shape index (κ3) is 4.18. The minimum atomic E-state index is -0.301. The van der Waals surface area contributed by atoms with Crippen LogP contribution < -0.4 is 10.6 Å². The standard InChI is InChI=1S/C24H27N9O2/c25-22-27-23(28-24-26-20(29-33(22)24)19-9-5-15-35-19)32-10-4-8-18(32)21(34)31-13-11-30(12-14-31)16-17-6-2-1-3-7-17/h1-3,5-7,9,15,18H,4,8,10-14,16H2,(H2,25,26,27,28,29)/t18-/m1/s1. The highest BCUT2D eigenvalue weighted by Crippen LogP contribution is 2.26. The molecule has 11 nitrogen and oxygen atoms in total.